The van der Waals surface area contributed by atoms with Crippen LogP contribution < -0.4 is 0 Å². The Labute approximate surface area is 133 Å². The fourth-order valence-corrected chi connectivity index (χ4v) is 6.32. The molecule has 3 rings (SSSR count). The van der Waals surface area contributed by atoms with Gasteiger partial charge in [-0.1, -0.05) is 0 Å². The lowest BCUT2D eigenvalue weighted by atomic mass is 9.90. The fourth-order valence-electron chi connectivity index (χ4n) is 3.43. The molecule has 2 aliphatic heterocycles. The van der Waals surface area contributed by atoms with Crippen molar-refractivity contribution in [2.45, 2.75) is 49.6 Å². The van der Waals surface area contributed by atoms with Crippen molar-refractivity contribution in [1.29, 1.82) is 0 Å². The molecule has 0 radical (unpaired) electrons. The molecule has 1 aromatic heterocycles. The van der Waals surface area contributed by atoms with Crippen molar-refractivity contribution < 1.29 is 13.2 Å². The van der Waals surface area contributed by atoms with Gasteiger partial charge in [0, 0.05) is 23.0 Å². The van der Waals surface area contributed by atoms with Crippen LogP contribution in [0.4, 0.5) is 0 Å². The van der Waals surface area contributed by atoms with Gasteiger partial charge in [0.25, 0.3) is 9.05 Å². The van der Waals surface area contributed by atoms with Crippen molar-refractivity contribution >= 4 is 31.5 Å². The van der Waals surface area contributed by atoms with Crippen molar-refractivity contribution in [2.24, 2.45) is 0 Å². The fraction of sp³-hybridized carbons (Fsp3) is 0.769. The molecule has 118 valence electrons. The molecule has 2 atom stereocenters. The molecule has 0 aromatic carbocycles. The van der Waals surface area contributed by atoms with E-state index in [0.717, 1.165) is 30.8 Å². The first-order chi connectivity index (χ1) is 9.82. The molecule has 2 fully saturated rings. The summed E-state index contributed by atoms with van der Waals surface area (Å²) in [4.78, 5) is 0.158. The third kappa shape index (κ3) is 2.85. The average Bonchev–Trinajstić information content (AvgIpc) is 2.94. The van der Waals surface area contributed by atoms with Gasteiger partial charge in [0.05, 0.1) is 23.0 Å². The maximum absolute atomic E-state index is 11.7. The van der Waals surface area contributed by atoms with Gasteiger partial charge in [-0.25, -0.2) is 8.42 Å². The normalized spacial score (nSPS) is 30.1. The van der Waals surface area contributed by atoms with E-state index >= 15 is 0 Å². The number of aryl methyl sites for hydroxylation is 1. The van der Waals surface area contributed by atoms with E-state index in [4.69, 9.17) is 15.4 Å². The number of ether oxygens (including phenoxy) is 1. The standard InChI is InChI=1S/C13H19ClN2O3S2/c1-9-12(21(14,17)18)10(2)16(15-9)11-3-5-19-13(7-11)4-6-20-8-13/h11H,3-8H2,1-2H3. The van der Waals surface area contributed by atoms with E-state index in [2.05, 4.69) is 5.10 Å². The number of thioether (sulfide) groups is 1. The Kier molecular flexibility index (Phi) is 4.05. The molecular formula is C13H19ClN2O3S2. The van der Waals surface area contributed by atoms with Crippen LogP contribution in [-0.4, -0.2) is 41.9 Å². The minimum absolute atomic E-state index is 0.0557. The summed E-state index contributed by atoms with van der Waals surface area (Å²) in [5.41, 5.74) is 1.05. The lowest BCUT2D eigenvalue weighted by Crippen LogP contribution is -2.41. The smallest absolute Gasteiger partial charge is 0.264 e. The van der Waals surface area contributed by atoms with E-state index in [1.54, 1.807) is 13.8 Å². The molecule has 0 N–H and O–H groups in total. The minimum Gasteiger partial charge on any atom is -0.374 e. The predicted molar refractivity (Wildman–Crippen MR) is 83.6 cm³/mol. The largest absolute Gasteiger partial charge is 0.374 e. The molecule has 2 aliphatic rings. The number of nitrogens with zero attached hydrogens (tertiary/aromatic N) is 2. The number of hydrogen-bond donors (Lipinski definition) is 0. The summed E-state index contributed by atoms with van der Waals surface area (Å²) in [6.45, 7) is 4.17. The van der Waals surface area contributed by atoms with Gasteiger partial charge in [-0.05, 0) is 38.9 Å². The predicted octanol–water partition coefficient (Wildman–Crippen LogP) is 2.65. The van der Waals surface area contributed by atoms with E-state index in [9.17, 15) is 8.42 Å². The molecular weight excluding hydrogens is 332 g/mol. The topological polar surface area (TPSA) is 61.2 Å². The molecule has 21 heavy (non-hydrogen) atoms. The Morgan fingerprint density at radius 3 is 2.81 bits per heavy atom. The molecule has 2 unspecified atom stereocenters. The molecule has 0 bridgehead atoms. The van der Waals surface area contributed by atoms with Gasteiger partial charge in [-0.3, -0.25) is 4.68 Å². The molecule has 8 heteroatoms. The minimum atomic E-state index is -3.76. The third-order valence-electron chi connectivity index (χ3n) is 4.38. The van der Waals surface area contributed by atoms with Crippen LogP contribution in [0.2, 0.25) is 0 Å². The quantitative estimate of drug-likeness (QED) is 0.767. The highest BCUT2D eigenvalue weighted by atomic mass is 35.7. The van der Waals surface area contributed by atoms with Gasteiger partial charge in [0.1, 0.15) is 4.90 Å². The first kappa shape index (κ1) is 15.6. The summed E-state index contributed by atoms with van der Waals surface area (Å²) in [6.07, 6.45) is 2.81. The lowest BCUT2D eigenvalue weighted by Gasteiger charge is -2.38. The van der Waals surface area contributed by atoms with Crippen LogP contribution in [-0.2, 0) is 13.8 Å². The van der Waals surface area contributed by atoms with Gasteiger partial charge >= 0.3 is 0 Å². The maximum atomic E-state index is 11.7. The van der Waals surface area contributed by atoms with Gasteiger partial charge in [0.15, 0.2) is 0 Å². The Morgan fingerprint density at radius 1 is 1.48 bits per heavy atom. The van der Waals surface area contributed by atoms with Crippen LogP contribution in [0.15, 0.2) is 4.90 Å². The number of hydrogen-bond acceptors (Lipinski definition) is 5. The second kappa shape index (κ2) is 5.44. The van der Waals surface area contributed by atoms with Gasteiger partial charge < -0.3 is 4.74 Å². The Bertz CT molecular complexity index is 651. The lowest BCUT2D eigenvalue weighted by molar-refractivity contribution is -0.0781. The summed E-state index contributed by atoms with van der Waals surface area (Å²) >= 11 is 1.92. The number of rotatable bonds is 2. The van der Waals surface area contributed by atoms with Gasteiger partial charge in [-0.15, -0.1) is 0 Å². The second-order valence-electron chi connectivity index (χ2n) is 5.86. The summed E-state index contributed by atoms with van der Waals surface area (Å²) in [5, 5.41) is 4.45. The zero-order valence-electron chi connectivity index (χ0n) is 12.1. The van der Waals surface area contributed by atoms with E-state index in [-0.39, 0.29) is 16.5 Å². The first-order valence-corrected chi connectivity index (χ1v) is 10.5. The van der Waals surface area contributed by atoms with Gasteiger partial charge in [-0.2, -0.15) is 16.9 Å². The molecule has 0 saturated carbocycles. The zero-order valence-corrected chi connectivity index (χ0v) is 14.5. The number of aromatic nitrogens is 2. The summed E-state index contributed by atoms with van der Waals surface area (Å²) in [7, 11) is 1.78. The monoisotopic (exact) mass is 350 g/mol. The molecule has 0 amide bonds. The van der Waals surface area contributed by atoms with Crippen molar-refractivity contribution in [2.75, 3.05) is 18.1 Å². The maximum Gasteiger partial charge on any atom is 0.264 e. The highest BCUT2D eigenvalue weighted by molar-refractivity contribution is 8.13. The summed E-state index contributed by atoms with van der Waals surface area (Å²) in [5.74, 6) is 2.15. The van der Waals surface area contributed by atoms with Crippen molar-refractivity contribution in [3.63, 3.8) is 0 Å². The summed E-state index contributed by atoms with van der Waals surface area (Å²) < 4.78 is 31.3. The highest BCUT2D eigenvalue weighted by Gasteiger charge is 2.42. The van der Waals surface area contributed by atoms with Crippen LogP contribution in [0.5, 0.6) is 0 Å². The van der Waals surface area contributed by atoms with Crippen LogP contribution in [0.3, 0.4) is 0 Å². The van der Waals surface area contributed by atoms with E-state index in [1.807, 2.05) is 16.4 Å². The Hall–Kier alpha value is -0.240. The molecule has 1 aromatic rings. The van der Waals surface area contributed by atoms with Crippen molar-refractivity contribution in [3.8, 4) is 0 Å². The zero-order chi connectivity index (χ0) is 15.3. The van der Waals surface area contributed by atoms with E-state index in [1.165, 1.54) is 0 Å². The SMILES string of the molecule is Cc1nn(C2CCOC3(CCSC3)C2)c(C)c1S(=O)(=O)Cl. The van der Waals surface area contributed by atoms with E-state index in [0.29, 0.717) is 18.0 Å². The molecule has 0 aliphatic carbocycles. The molecule has 5 nitrogen and oxygen atoms in total. The van der Waals surface area contributed by atoms with Crippen LogP contribution >= 0.6 is 22.4 Å². The average molecular weight is 351 g/mol. The Balaban J connectivity index is 1.94. The van der Waals surface area contributed by atoms with Crippen molar-refractivity contribution in [1.82, 2.24) is 9.78 Å². The van der Waals surface area contributed by atoms with E-state index < -0.39 is 9.05 Å². The second-order valence-corrected chi connectivity index (χ2v) is 9.47. The van der Waals surface area contributed by atoms with Crippen LogP contribution in [0, 0.1) is 13.8 Å². The Morgan fingerprint density at radius 2 is 2.24 bits per heavy atom. The molecule has 3 heterocycles. The third-order valence-corrected chi connectivity index (χ3v) is 7.15. The first-order valence-electron chi connectivity index (χ1n) is 7.04. The summed E-state index contributed by atoms with van der Waals surface area (Å²) in [6, 6.07) is 0.184. The van der Waals surface area contributed by atoms with Crippen LogP contribution in [0.25, 0.3) is 0 Å². The highest BCUT2D eigenvalue weighted by Crippen LogP contribution is 2.42. The molecule has 1 spiro atoms. The van der Waals surface area contributed by atoms with Gasteiger partial charge in [0.2, 0.25) is 0 Å². The number of halogens is 1. The van der Waals surface area contributed by atoms with Crippen LogP contribution in [0.1, 0.15) is 36.7 Å². The van der Waals surface area contributed by atoms with Crippen molar-refractivity contribution in [3.05, 3.63) is 11.4 Å². The molecule has 2 saturated heterocycles.